The zero-order valence-corrected chi connectivity index (χ0v) is 5.85. The first-order chi connectivity index (χ1) is 4.34. The number of hydrogen-bond acceptors (Lipinski definition) is 0. The number of hydrogen-bond donors (Lipinski definition) is 0. The van der Waals surface area contributed by atoms with Crippen molar-refractivity contribution in [3.63, 3.8) is 0 Å². The van der Waals surface area contributed by atoms with Crippen LogP contribution in [0.3, 0.4) is 0 Å². The summed E-state index contributed by atoms with van der Waals surface area (Å²) in [6.07, 6.45) is 8.69. The fourth-order valence-corrected chi connectivity index (χ4v) is 1.07. The highest BCUT2D eigenvalue weighted by molar-refractivity contribution is 5.33. The van der Waals surface area contributed by atoms with Gasteiger partial charge in [0, 0.05) is 0 Å². The Hall–Kier alpha value is -0.780. The molecule has 0 nitrogen and oxygen atoms in total. The Morgan fingerprint density at radius 3 is 2.89 bits per heavy atom. The van der Waals surface area contributed by atoms with Gasteiger partial charge in [0.15, 0.2) is 0 Å². The topological polar surface area (TPSA) is 0 Å². The summed E-state index contributed by atoms with van der Waals surface area (Å²) in [4.78, 5) is 0. The lowest BCUT2D eigenvalue weighted by atomic mass is 9.99. The second-order valence-corrected chi connectivity index (χ2v) is 2.35. The van der Waals surface area contributed by atoms with Gasteiger partial charge in [0.1, 0.15) is 0 Å². The number of rotatable bonds is 1. The highest BCUT2D eigenvalue weighted by atomic mass is 14.0. The van der Waals surface area contributed by atoms with Crippen LogP contribution in [0.4, 0.5) is 0 Å². The van der Waals surface area contributed by atoms with Crippen molar-refractivity contribution in [3.8, 4) is 0 Å². The maximum absolute atomic E-state index is 3.74. The maximum Gasteiger partial charge on any atom is -0.0242 e. The Labute approximate surface area is 56.6 Å². The van der Waals surface area contributed by atoms with Gasteiger partial charge in [-0.3, -0.25) is 0 Å². The fourth-order valence-electron chi connectivity index (χ4n) is 1.07. The van der Waals surface area contributed by atoms with Gasteiger partial charge < -0.3 is 0 Å². The predicted molar refractivity (Wildman–Crippen MR) is 41.3 cm³/mol. The summed E-state index contributed by atoms with van der Waals surface area (Å²) in [5.41, 5.74) is 2.77. The molecule has 0 unspecified atom stereocenters. The van der Waals surface area contributed by atoms with Crippen molar-refractivity contribution < 1.29 is 0 Å². The standard InChI is InChI=1S/C9H12/c1-3-9-7-5-4-6-8(9)2/h3-4,6H,1,5,7H2,2H3. The van der Waals surface area contributed by atoms with E-state index in [4.69, 9.17) is 0 Å². The van der Waals surface area contributed by atoms with Crippen molar-refractivity contribution in [3.05, 3.63) is 36.0 Å². The lowest BCUT2D eigenvalue weighted by molar-refractivity contribution is 0.970. The third-order valence-corrected chi connectivity index (χ3v) is 1.70. The molecule has 0 heterocycles. The molecule has 0 aromatic heterocycles. The quantitative estimate of drug-likeness (QED) is 0.499. The molecule has 0 atom stereocenters. The minimum Gasteiger partial charge on any atom is -0.0988 e. The molecule has 1 rings (SSSR count). The monoisotopic (exact) mass is 120 g/mol. The molecule has 1 aliphatic carbocycles. The van der Waals surface area contributed by atoms with Crippen molar-refractivity contribution in [2.24, 2.45) is 0 Å². The van der Waals surface area contributed by atoms with Crippen LogP contribution in [0.1, 0.15) is 19.8 Å². The van der Waals surface area contributed by atoms with E-state index in [1.807, 2.05) is 6.08 Å². The van der Waals surface area contributed by atoms with Crippen LogP contribution in [-0.2, 0) is 0 Å². The van der Waals surface area contributed by atoms with E-state index in [9.17, 15) is 0 Å². The molecule has 0 fully saturated rings. The summed E-state index contributed by atoms with van der Waals surface area (Å²) >= 11 is 0. The van der Waals surface area contributed by atoms with Gasteiger partial charge in [-0.2, -0.15) is 0 Å². The first kappa shape index (κ1) is 6.34. The van der Waals surface area contributed by atoms with Crippen LogP contribution in [0.2, 0.25) is 0 Å². The van der Waals surface area contributed by atoms with Crippen LogP contribution in [0, 0.1) is 0 Å². The Kier molecular flexibility index (Phi) is 1.88. The average Bonchev–Trinajstić information content (AvgIpc) is 1.89. The third-order valence-electron chi connectivity index (χ3n) is 1.70. The molecular formula is C9H12. The van der Waals surface area contributed by atoms with Gasteiger partial charge in [0.05, 0.1) is 0 Å². The summed E-state index contributed by atoms with van der Waals surface area (Å²) in [7, 11) is 0. The Balaban J connectivity index is 2.84. The second kappa shape index (κ2) is 2.67. The molecule has 0 aromatic carbocycles. The summed E-state index contributed by atoms with van der Waals surface area (Å²) in [6.45, 7) is 5.87. The van der Waals surface area contributed by atoms with Crippen LogP contribution < -0.4 is 0 Å². The SMILES string of the molecule is C=CC1=C(C)C=CCC1. The maximum atomic E-state index is 3.74. The smallest absolute Gasteiger partial charge is 0.0242 e. The first-order valence-corrected chi connectivity index (χ1v) is 3.33. The molecule has 1 aliphatic rings. The van der Waals surface area contributed by atoms with Gasteiger partial charge in [-0.15, -0.1) is 0 Å². The fraction of sp³-hybridized carbons (Fsp3) is 0.333. The lowest BCUT2D eigenvalue weighted by Crippen LogP contribution is -1.87. The average molecular weight is 120 g/mol. The molecule has 0 saturated carbocycles. The van der Waals surface area contributed by atoms with Crippen molar-refractivity contribution >= 4 is 0 Å². The molecule has 48 valence electrons. The van der Waals surface area contributed by atoms with Crippen LogP contribution in [0.25, 0.3) is 0 Å². The predicted octanol–water partition coefficient (Wildman–Crippen LogP) is 2.84. The minimum absolute atomic E-state index is 1.17. The molecule has 0 amide bonds. The summed E-state index contributed by atoms with van der Waals surface area (Å²) in [5, 5.41) is 0. The lowest BCUT2D eigenvalue weighted by Gasteiger charge is -2.07. The van der Waals surface area contributed by atoms with Crippen LogP contribution >= 0.6 is 0 Å². The molecule has 0 aromatic rings. The normalized spacial score (nSPS) is 18.3. The van der Waals surface area contributed by atoms with Crippen LogP contribution in [0.15, 0.2) is 36.0 Å². The van der Waals surface area contributed by atoms with Crippen molar-refractivity contribution in [1.82, 2.24) is 0 Å². The summed E-state index contributed by atoms with van der Waals surface area (Å²) in [5.74, 6) is 0. The van der Waals surface area contributed by atoms with Crippen molar-refractivity contribution in [2.75, 3.05) is 0 Å². The molecule has 0 heteroatoms. The molecule has 0 N–H and O–H groups in total. The summed E-state index contributed by atoms with van der Waals surface area (Å²) < 4.78 is 0. The summed E-state index contributed by atoms with van der Waals surface area (Å²) in [6, 6.07) is 0. The molecule has 0 aliphatic heterocycles. The van der Waals surface area contributed by atoms with Crippen molar-refractivity contribution in [2.45, 2.75) is 19.8 Å². The Morgan fingerprint density at radius 1 is 1.67 bits per heavy atom. The molecule has 0 saturated heterocycles. The first-order valence-electron chi connectivity index (χ1n) is 3.33. The van der Waals surface area contributed by atoms with Gasteiger partial charge in [0.25, 0.3) is 0 Å². The van der Waals surface area contributed by atoms with Gasteiger partial charge in [-0.05, 0) is 30.9 Å². The van der Waals surface area contributed by atoms with E-state index >= 15 is 0 Å². The third kappa shape index (κ3) is 1.32. The highest BCUT2D eigenvalue weighted by Gasteiger charge is 1.98. The molecule has 0 spiro atoms. The van der Waals surface area contributed by atoms with E-state index < -0.39 is 0 Å². The largest absolute Gasteiger partial charge is 0.0988 e. The zero-order valence-electron chi connectivity index (χ0n) is 5.85. The van der Waals surface area contributed by atoms with E-state index in [-0.39, 0.29) is 0 Å². The van der Waals surface area contributed by atoms with E-state index in [0.29, 0.717) is 0 Å². The Bertz CT molecular complexity index is 170. The Morgan fingerprint density at radius 2 is 2.44 bits per heavy atom. The zero-order chi connectivity index (χ0) is 6.69. The highest BCUT2D eigenvalue weighted by Crippen LogP contribution is 2.18. The molecule has 0 bridgehead atoms. The number of allylic oxidation sites excluding steroid dienone is 5. The van der Waals surface area contributed by atoms with Crippen LogP contribution in [-0.4, -0.2) is 0 Å². The minimum atomic E-state index is 1.17. The van der Waals surface area contributed by atoms with Crippen LogP contribution in [0.5, 0.6) is 0 Å². The van der Waals surface area contributed by atoms with E-state index in [0.717, 1.165) is 0 Å². The van der Waals surface area contributed by atoms with Gasteiger partial charge >= 0.3 is 0 Å². The van der Waals surface area contributed by atoms with Crippen molar-refractivity contribution in [1.29, 1.82) is 0 Å². The van der Waals surface area contributed by atoms with E-state index in [1.165, 1.54) is 24.0 Å². The van der Waals surface area contributed by atoms with Gasteiger partial charge in [0.2, 0.25) is 0 Å². The van der Waals surface area contributed by atoms with E-state index in [2.05, 4.69) is 25.7 Å². The second-order valence-electron chi connectivity index (χ2n) is 2.35. The van der Waals surface area contributed by atoms with Gasteiger partial charge in [-0.25, -0.2) is 0 Å². The molecule has 0 radical (unpaired) electrons. The molecule has 9 heavy (non-hydrogen) atoms. The van der Waals surface area contributed by atoms with E-state index in [1.54, 1.807) is 0 Å². The molecular weight excluding hydrogens is 108 g/mol. The van der Waals surface area contributed by atoms with Gasteiger partial charge in [-0.1, -0.05) is 24.8 Å².